The van der Waals surface area contributed by atoms with E-state index in [4.69, 9.17) is 11.6 Å². The average molecular weight is 430 g/mol. The molecular weight excluding hydrogens is 402 g/mol. The van der Waals surface area contributed by atoms with Gasteiger partial charge in [-0.15, -0.1) is 0 Å². The number of carbonyl (C=O) groups excluding carboxylic acids is 1. The average Bonchev–Trinajstić information content (AvgIpc) is 2.74. The van der Waals surface area contributed by atoms with Crippen molar-refractivity contribution in [3.05, 3.63) is 51.7 Å². The van der Waals surface area contributed by atoms with Gasteiger partial charge in [0.25, 0.3) is 5.56 Å². The second kappa shape index (κ2) is 9.16. The lowest BCUT2D eigenvalue weighted by molar-refractivity contribution is -0.122. The standard InChI is InChI=1S/C22H28ClN5O2/c1-14(17-5-7-24-8-6-17)26-20(29)13-28-22(30)21(23)19(12-25-28)27-18-10-15-3-2-4-16(9-15)11-18/h5-8,12,14-16,18,27H,2-4,9-11,13H2,1H3,(H,26,29). The Bertz CT molecular complexity index is 936. The van der Waals surface area contributed by atoms with Crippen LogP contribution in [0.3, 0.4) is 0 Å². The highest BCUT2D eigenvalue weighted by atomic mass is 35.5. The van der Waals surface area contributed by atoms with Crippen LogP contribution in [0.5, 0.6) is 0 Å². The summed E-state index contributed by atoms with van der Waals surface area (Å²) in [4.78, 5) is 29.0. The first kappa shape index (κ1) is 20.8. The summed E-state index contributed by atoms with van der Waals surface area (Å²) in [6.07, 6.45) is 12.4. The van der Waals surface area contributed by atoms with Crippen LogP contribution < -0.4 is 16.2 Å². The molecule has 2 N–H and O–H groups in total. The van der Waals surface area contributed by atoms with E-state index in [9.17, 15) is 9.59 Å². The number of carbonyl (C=O) groups is 1. The molecule has 0 spiro atoms. The first-order chi connectivity index (χ1) is 14.5. The molecule has 2 aromatic rings. The van der Waals surface area contributed by atoms with Gasteiger partial charge in [0.2, 0.25) is 5.91 Å². The lowest BCUT2D eigenvalue weighted by atomic mass is 9.70. The van der Waals surface area contributed by atoms with Crippen LogP contribution >= 0.6 is 11.6 Å². The van der Waals surface area contributed by atoms with Crippen molar-refractivity contribution in [1.29, 1.82) is 0 Å². The summed E-state index contributed by atoms with van der Waals surface area (Å²) >= 11 is 6.35. The predicted octanol–water partition coefficient (Wildman–Crippen LogP) is 3.55. The minimum absolute atomic E-state index is 0.0933. The lowest BCUT2D eigenvalue weighted by Crippen LogP contribution is -2.37. The molecule has 8 heteroatoms. The molecule has 0 aliphatic heterocycles. The number of hydrogen-bond donors (Lipinski definition) is 2. The van der Waals surface area contributed by atoms with Gasteiger partial charge in [0, 0.05) is 18.4 Å². The van der Waals surface area contributed by atoms with Gasteiger partial charge in [-0.2, -0.15) is 5.10 Å². The number of rotatable bonds is 6. The third-order valence-electron chi connectivity index (χ3n) is 6.35. The molecule has 7 nitrogen and oxygen atoms in total. The molecule has 160 valence electrons. The Labute approximate surface area is 181 Å². The number of anilines is 1. The lowest BCUT2D eigenvalue weighted by Gasteiger charge is -2.39. The summed E-state index contributed by atoms with van der Waals surface area (Å²) in [6, 6.07) is 3.81. The Morgan fingerprint density at radius 1 is 1.23 bits per heavy atom. The van der Waals surface area contributed by atoms with Gasteiger partial charge < -0.3 is 10.6 Å². The normalized spacial score (nSPS) is 24.1. The van der Waals surface area contributed by atoms with E-state index in [0.717, 1.165) is 34.9 Å². The van der Waals surface area contributed by atoms with Crippen LogP contribution in [0.2, 0.25) is 5.02 Å². The van der Waals surface area contributed by atoms with E-state index in [-0.39, 0.29) is 23.5 Å². The van der Waals surface area contributed by atoms with Crippen molar-refractivity contribution >= 4 is 23.2 Å². The van der Waals surface area contributed by atoms with Crippen LogP contribution in [0.1, 0.15) is 57.1 Å². The summed E-state index contributed by atoms with van der Waals surface area (Å²) in [5, 5.41) is 10.6. The monoisotopic (exact) mass is 429 g/mol. The first-order valence-electron chi connectivity index (χ1n) is 10.7. The van der Waals surface area contributed by atoms with Gasteiger partial charge in [0.15, 0.2) is 0 Å². The predicted molar refractivity (Wildman–Crippen MR) is 116 cm³/mol. The van der Waals surface area contributed by atoms with Crippen LogP contribution in [0.4, 0.5) is 5.69 Å². The zero-order valence-electron chi connectivity index (χ0n) is 17.2. The van der Waals surface area contributed by atoms with Gasteiger partial charge in [0.1, 0.15) is 11.6 Å². The quantitative estimate of drug-likeness (QED) is 0.733. The minimum atomic E-state index is -0.454. The molecule has 3 atom stereocenters. The Kier molecular flexibility index (Phi) is 6.37. The molecule has 2 aliphatic rings. The van der Waals surface area contributed by atoms with Gasteiger partial charge in [-0.1, -0.05) is 30.9 Å². The number of nitrogens with zero attached hydrogens (tertiary/aromatic N) is 3. The van der Waals surface area contributed by atoms with E-state index in [0.29, 0.717) is 11.7 Å². The summed E-state index contributed by atoms with van der Waals surface area (Å²) in [5.41, 5.74) is 1.05. The van der Waals surface area contributed by atoms with Crippen molar-refractivity contribution in [1.82, 2.24) is 20.1 Å². The Hall–Kier alpha value is -2.41. The number of amides is 1. The van der Waals surface area contributed by atoms with E-state index in [2.05, 4.69) is 20.7 Å². The van der Waals surface area contributed by atoms with E-state index >= 15 is 0 Å². The maximum atomic E-state index is 12.7. The highest BCUT2D eigenvalue weighted by Gasteiger charge is 2.32. The van der Waals surface area contributed by atoms with E-state index in [1.807, 2.05) is 19.1 Å². The van der Waals surface area contributed by atoms with Gasteiger partial charge in [-0.05, 0) is 55.7 Å². The highest BCUT2D eigenvalue weighted by Crippen LogP contribution is 2.40. The molecule has 0 radical (unpaired) electrons. The number of hydrogen-bond acceptors (Lipinski definition) is 5. The third-order valence-corrected chi connectivity index (χ3v) is 6.71. The third kappa shape index (κ3) is 4.83. The molecule has 1 amide bonds. The van der Waals surface area contributed by atoms with Gasteiger partial charge in [0.05, 0.1) is 17.9 Å². The van der Waals surface area contributed by atoms with Crippen LogP contribution in [0.25, 0.3) is 0 Å². The highest BCUT2D eigenvalue weighted by molar-refractivity contribution is 6.32. The van der Waals surface area contributed by atoms with Crippen molar-refractivity contribution in [2.45, 2.75) is 64.1 Å². The van der Waals surface area contributed by atoms with Crippen molar-refractivity contribution in [2.75, 3.05) is 5.32 Å². The summed E-state index contributed by atoms with van der Waals surface area (Å²) < 4.78 is 1.11. The van der Waals surface area contributed by atoms with Crippen molar-refractivity contribution in [2.24, 2.45) is 11.8 Å². The Morgan fingerprint density at radius 2 is 1.93 bits per heavy atom. The molecule has 0 aromatic carbocycles. The fraction of sp³-hybridized carbons (Fsp3) is 0.545. The van der Waals surface area contributed by atoms with E-state index in [1.165, 1.54) is 25.7 Å². The molecule has 2 bridgehead atoms. The second-order valence-electron chi connectivity index (χ2n) is 8.62. The van der Waals surface area contributed by atoms with Crippen molar-refractivity contribution in [3.63, 3.8) is 0 Å². The van der Waals surface area contributed by atoms with Gasteiger partial charge in [-0.25, -0.2) is 4.68 Å². The number of halogens is 1. The summed E-state index contributed by atoms with van der Waals surface area (Å²) in [5.74, 6) is 1.24. The van der Waals surface area contributed by atoms with Crippen LogP contribution in [-0.4, -0.2) is 26.7 Å². The Morgan fingerprint density at radius 3 is 2.63 bits per heavy atom. The maximum absolute atomic E-state index is 12.7. The Balaban J connectivity index is 1.39. The fourth-order valence-corrected chi connectivity index (χ4v) is 5.11. The molecule has 3 unspecified atom stereocenters. The topological polar surface area (TPSA) is 88.9 Å². The molecule has 2 fully saturated rings. The number of fused-ring (bicyclic) bond motifs is 2. The van der Waals surface area contributed by atoms with E-state index in [1.54, 1.807) is 18.6 Å². The number of nitrogens with one attached hydrogen (secondary N) is 2. The van der Waals surface area contributed by atoms with Crippen LogP contribution in [0, 0.1) is 11.8 Å². The minimum Gasteiger partial charge on any atom is -0.380 e. The van der Waals surface area contributed by atoms with E-state index < -0.39 is 5.56 Å². The molecule has 2 heterocycles. The fourth-order valence-electron chi connectivity index (χ4n) is 4.91. The van der Waals surface area contributed by atoms with Gasteiger partial charge >= 0.3 is 0 Å². The van der Waals surface area contributed by atoms with Gasteiger partial charge in [-0.3, -0.25) is 14.6 Å². The molecule has 30 heavy (non-hydrogen) atoms. The molecule has 2 aromatic heterocycles. The summed E-state index contributed by atoms with van der Waals surface area (Å²) in [6.45, 7) is 1.70. The molecule has 4 rings (SSSR count). The summed E-state index contributed by atoms with van der Waals surface area (Å²) in [7, 11) is 0. The number of aromatic nitrogens is 3. The second-order valence-corrected chi connectivity index (χ2v) is 8.99. The zero-order valence-corrected chi connectivity index (χ0v) is 17.9. The molecular formula is C22H28ClN5O2. The SMILES string of the molecule is CC(NC(=O)Cn1ncc(NC2CC3CCCC(C3)C2)c(Cl)c1=O)c1ccncc1. The maximum Gasteiger partial charge on any atom is 0.288 e. The van der Waals surface area contributed by atoms with Crippen molar-refractivity contribution in [3.8, 4) is 0 Å². The first-order valence-corrected chi connectivity index (χ1v) is 11.1. The molecule has 2 saturated carbocycles. The van der Waals surface area contributed by atoms with Crippen molar-refractivity contribution < 1.29 is 4.79 Å². The van der Waals surface area contributed by atoms with Crippen LogP contribution in [0.15, 0.2) is 35.5 Å². The number of pyridine rings is 1. The molecule has 0 saturated heterocycles. The smallest absolute Gasteiger partial charge is 0.288 e. The largest absolute Gasteiger partial charge is 0.380 e. The zero-order chi connectivity index (χ0) is 21.1. The van der Waals surface area contributed by atoms with Crippen LogP contribution in [-0.2, 0) is 11.3 Å². The molecule has 2 aliphatic carbocycles.